The molecule has 1 saturated heterocycles. The maximum atomic E-state index is 12.1. The van der Waals surface area contributed by atoms with E-state index in [9.17, 15) is 28.8 Å². The molecular weight excluding hydrogens is 688 g/mol. The molecule has 1 aliphatic heterocycles. The maximum Gasteiger partial charge on any atom is 0.338 e. The van der Waals surface area contributed by atoms with Crippen LogP contribution in [0.1, 0.15) is 65.5 Å². The quantitative estimate of drug-likeness (QED) is 0.0826. The standard InChI is InChI=1S/C21H24O6.C15H12O6.C4H8O/c1-4-25-19(22)17-10-9-15-11-14(7-8-16(15)13-17)12-18(20(23)26-5-2)21(24)27-6-3;16-13(17)11-4-3-9-5-8(1-2-10(9)7-11)6-12(14(18)19)15(20)21;1-2-4-5-3-1/h7-11,13,18H,4-6,12H2,1-3H3;1-5,7,12H,6H2,(H,16,17)(H,18,19)(H,20,21);1-4H2. The predicted octanol–water partition coefficient (Wildman–Crippen LogP) is 5.96. The fourth-order valence-corrected chi connectivity index (χ4v) is 5.33. The van der Waals surface area contributed by atoms with Gasteiger partial charge in [0.05, 0.1) is 30.9 Å². The van der Waals surface area contributed by atoms with Crippen LogP contribution in [-0.2, 0) is 51.0 Å². The van der Waals surface area contributed by atoms with E-state index in [2.05, 4.69) is 0 Å². The van der Waals surface area contributed by atoms with Gasteiger partial charge in [-0.25, -0.2) is 9.59 Å². The highest BCUT2D eigenvalue weighted by atomic mass is 16.6. The first kappa shape index (κ1) is 41.6. The lowest BCUT2D eigenvalue weighted by molar-refractivity contribution is -0.162. The summed E-state index contributed by atoms with van der Waals surface area (Å²) in [5, 5.41) is 29.8. The van der Waals surface area contributed by atoms with Crippen molar-refractivity contribution in [3.63, 3.8) is 0 Å². The monoisotopic (exact) mass is 732 g/mol. The van der Waals surface area contributed by atoms with Gasteiger partial charge < -0.3 is 34.3 Å². The average molecular weight is 733 g/mol. The number of carboxylic acids is 3. The van der Waals surface area contributed by atoms with E-state index in [0.29, 0.717) is 23.1 Å². The maximum absolute atomic E-state index is 12.1. The molecular formula is C40H44O13. The Balaban J connectivity index is 0.000000257. The molecule has 1 aliphatic rings. The van der Waals surface area contributed by atoms with Gasteiger partial charge in [-0.15, -0.1) is 0 Å². The van der Waals surface area contributed by atoms with E-state index >= 15 is 0 Å². The molecule has 0 unspecified atom stereocenters. The number of benzene rings is 4. The fourth-order valence-electron chi connectivity index (χ4n) is 5.33. The normalized spacial score (nSPS) is 11.9. The van der Waals surface area contributed by atoms with Crippen LogP contribution in [0.2, 0.25) is 0 Å². The summed E-state index contributed by atoms with van der Waals surface area (Å²) in [6, 6.07) is 20.3. The zero-order valence-electron chi connectivity index (χ0n) is 29.9. The third-order valence-electron chi connectivity index (χ3n) is 8.01. The molecule has 4 aromatic rings. The van der Waals surface area contributed by atoms with Crippen molar-refractivity contribution in [2.24, 2.45) is 11.8 Å². The van der Waals surface area contributed by atoms with Crippen LogP contribution in [0.4, 0.5) is 0 Å². The van der Waals surface area contributed by atoms with Gasteiger partial charge in [-0.2, -0.15) is 0 Å². The van der Waals surface area contributed by atoms with Gasteiger partial charge in [0.2, 0.25) is 0 Å². The number of carbonyl (C=O) groups is 6. The molecule has 0 amide bonds. The van der Waals surface area contributed by atoms with Gasteiger partial charge in [0, 0.05) is 13.2 Å². The van der Waals surface area contributed by atoms with E-state index < -0.39 is 41.7 Å². The molecule has 0 atom stereocenters. The number of hydrogen-bond donors (Lipinski definition) is 3. The van der Waals surface area contributed by atoms with Crippen LogP contribution in [0.25, 0.3) is 21.5 Å². The van der Waals surface area contributed by atoms with Gasteiger partial charge in [-0.05, 0) is 103 Å². The molecule has 0 bridgehead atoms. The number of carbonyl (C=O) groups excluding carboxylic acids is 3. The summed E-state index contributed by atoms with van der Waals surface area (Å²) >= 11 is 0. The Kier molecular flexibility index (Phi) is 16.4. The molecule has 13 heteroatoms. The minimum atomic E-state index is -1.50. The predicted molar refractivity (Wildman–Crippen MR) is 194 cm³/mol. The minimum Gasteiger partial charge on any atom is -0.481 e. The van der Waals surface area contributed by atoms with Crippen LogP contribution in [0.5, 0.6) is 0 Å². The lowest BCUT2D eigenvalue weighted by atomic mass is 9.96. The zero-order chi connectivity index (χ0) is 38.9. The van der Waals surface area contributed by atoms with Gasteiger partial charge in [0.1, 0.15) is 0 Å². The number of fused-ring (bicyclic) bond motifs is 2. The Labute approximate surface area is 306 Å². The summed E-state index contributed by atoms with van der Waals surface area (Å²) in [6.07, 6.45) is 2.62. The van der Waals surface area contributed by atoms with Crippen LogP contribution >= 0.6 is 0 Å². The second-order valence-corrected chi connectivity index (χ2v) is 11.8. The molecule has 3 N–H and O–H groups in total. The van der Waals surface area contributed by atoms with Gasteiger partial charge in [0.15, 0.2) is 11.8 Å². The van der Waals surface area contributed by atoms with E-state index in [-0.39, 0.29) is 37.6 Å². The topological polar surface area (TPSA) is 200 Å². The summed E-state index contributed by atoms with van der Waals surface area (Å²) in [7, 11) is 0. The van der Waals surface area contributed by atoms with Crippen LogP contribution in [0.15, 0.2) is 72.8 Å². The number of rotatable bonds is 13. The van der Waals surface area contributed by atoms with E-state index in [1.807, 2.05) is 24.3 Å². The number of carboxylic acid groups (broad SMARTS) is 3. The second-order valence-electron chi connectivity index (χ2n) is 11.8. The summed E-state index contributed by atoms with van der Waals surface area (Å²) in [6.45, 7) is 7.86. The van der Waals surface area contributed by atoms with Crippen LogP contribution < -0.4 is 0 Å². The molecule has 0 aromatic heterocycles. The molecule has 5 rings (SSSR count). The molecule has 0 saturated carbocycles. The number of ether oxygens (including phenoxy) is 4. The molecule has 282 valence electrons. The van der Waals surface area contributed by atoms with Crippen molar-refractivity contribution in [1.82, 2.24) is 0 Å². The zero-order valence-corrected chi connectivity index (χ0v) is 29.9. The highest BCUT2D eigenvalue weighted by molar-refractivity contribution is 5.97. The Morgan fingerprint density at radius 1 is 0.566 bits per heavy atom. The Morgan fingerprint density at radius 3 is 1.40 bits per heavy atom. The second kappa shape index (κ2) is 20.9. The van der Waals surface area contributed by atoms with E-state index in [4.69, 9.17) is 34.3 Å². The van der Waals surface area contributed by atoms with E-state index in [1.54, 1.807) is 57.2 Å². The molecule has 1 fully saturated rings. The van der Waals surface area contributed by atoms with Crippen molar-refractivity contribution in [3.8, 4) is 0 Å². The van der Waals surface area contributed by atoms with Crippen molar-refractivity contribution in [2.75, 3.05) is 33.0 Å². The minimum absolute atomic E-state index is 0.124. The smallest absolute Gasteiger partial charge is 0.338 e. The van der Waals surface area contributed by atoms with Crippen molar-refractivity contribution in [3.05, 3.63) is 95.1 Å². The van der Waals surface area contributed by atoms with Crippen LogP contribution in [0.3, 0.4) is 0 Å². The summed E-state index contributed by atoms with van der Waals surface area (Å²) in [5.74, 6) is -7.84. The molecule has 13 nitrogen and oxygen atoms in total. The lowest BCUT2D eigenvalue weighted by Crippen LogP contribution is -2.30. The highest BCUT2D eigenvalue weighted by Gasteiger charge is 2.30. The average Bonchev–Trinajstić information content (AvgIpc) is 3.73. The first-order valence-electron chi connectivity index (χ1n) is 17.2. The van der Waals surface area contributed by atoms with Crippen molar-refractivity contribution >= 4 is 57.4 Å². The summed E-state index contributed by atoms with van der Waals surface area (Å²) < 4.78 is 20.0. The molecule has 1 heterocycles. The highest BCUT2D eigenvalue weighted by Crippen LogP contribution is 2.22. The van der Waals surface area contributed by atoms with E-state index in [0.717, 1.165) is 34.9 Å². The fraction of sp³-hybridized carbons (Fsp3) is 0.350. The number of aliphatic carboxylic acids is 2. The van der Waals surface area contributed by atoms with E-state index in [1.165, 1.54) is 25.0 Å². The summed E-state index contributed by atoms with van der Waals surface area (Å²) in [4.78, 5) is 68.8. The Bertz CT molecular complexity index is 1870. The van der Waals surface area contributed by atoms with Crippen molar-refractivity contribution in [2.45, 2.75) is 46.5 Å². The van der Waals surface area contributed by atoms with Crippen LogP contribution in [0, 0.1) is 11.8 Å². The first-order valence-corrected chi connectivity index (χ1v) is 17.2. The third-order valence-corrected chi connectivity index (χ3v) is 8.01. The molecule has 0 spiro atoms. The lowest BCUT2D eigenvalue weighted by Gasteiger charge is -2.15. The van der Waals surface area contributed by atoms with Gasteiger partial charge >= 0.3 is 35.8 Å². The Morgan fingerprint density at radius 2 is 0.981 bits per heavy atom. The van der Waals surface area contributed by atoms with Crippen molar-refractivity contribution < 1.29 is 63.0 Å². The number of hydrogen-bond acceptors (Lipinski definition) is 10. The molecule has 0 radical (unpaired) electrons. The number of aromatic carboxylic acids is 1. The van der Waals surface area contributed by atoms with Crippen molar-refractivity contribution in [1.29, 1.82) is 0 Å². The van der Waals surface area contributed by atoms with Gasteiger partial charge in [0.25, 0.3) is 0 Å². The van der Waals surface area contributed by atoms with Gasteiger partial charge in [-0.1, -0.05) is 48.5 Å². The first-order chi connectivity index (χ1) is 25.4. The molecule has 0 aliphatic carbocycles. The van der Waals surface area contributed by atoms with Gasteiger partial charge in [-0.3, -0.25) is 19.2 Å². The van der Waals surface area contributed by atoms with Crippen LogP contribution in [-0.4, -0.2) is 84.2 Å². The molecule has 53 heavy (non-hydrogen) atoms. The largest absolute Gasteiger partial charge is 0.481 e. The third kappa shape index (κ3) is 12.7. The SMILES string of the molecule is C1CCOC1.CCOC(=O)c1ccc2cc(CC(C(=O)OCC)C(=O)OCC)ccc2c1.O=C(O)c1ccc2cc(CC(C(=O)O)C(=O)O)ccc2c1. The summed E-state index contributed by atoms with van der Waals surface area (Å²) in [5.41, 5.74) is 2.01. The number of esters is 3. The Hall–Kier alpha value is -5.82. The molecule has 4 aromatic carbocycles.